The Morgan fingerprint density at radius 1 is 1.00 bits per heavy atom. The Kier molecular flexibility index (Phi) is 6.02. The number of halogens is 1. The van der Waals surface area contributed by atoms with Gasteiger partial charge in [0, 0.05) is 17.5 Å². The second kappa shape index (κ2) is 8.23. The van der Waals surface area contributed by atoms with E-state index in [4.69, 9.17) is 4.74 Å². The number of hydrogen-bond acceptors (Lipinski definition) is 5. The van der Waals surface area contributed by atoms with Gasteiger partial charge >= 0.3 is 0 Å². The first-order chi connectivity index (χ1) is 10.7. The molecule has 0 heterocycles. The van der Waals surface area contributed by atoms with Gasteiger partial charge in [-0.05, 0) is 42.8 Å². The minimum absolute atomic E-state index is 0.0314. The van der Waals surface area contributed by atoms with Gasteiger partial charge in [0.25, 0.3) is 5.69 Å². The Labute approximate surface area is 136 Å². The largest absolute Gasteiger partial charge is 0.494 e. The molecular weight excluding hydrogens is 350 g/mol. The molecule has 114 valence electrons. The predicted molar refractivity (Wildman–Crippen MR) is 87.6 cm³/mol. The molecule has 0 aromatic heterocycles. The van der Waals surface area contributed by atoms with E-state index in [1.54, 1.807) is 24.3 Å². The summed E-state index contributed by atoms with van der Waals surface area (Å²) in [5.74, 6) is 0.787. The van der Waals surface area contributed by atoms with Gasteiger partial charge in [-0.1, -0.05) is 15.9 Å². The summed E-state index contributed by atoms with van der Waals surface area (Å²) >= 11 is 3.34. The highest BCUT2D eigenvalue weighted by Gasteiger charge is 2.03. The summed E-state index contributed by atoms with van der Waals surface area (Å²) in [6.07, 6.45) is 0.946. The van der Waals surface area contributed by atoms with Gasteiger partial charge in [0.1, 0.15) is 5.75 Å². The van der Waals surface area contributed by atoms with Crippen molar-refractivity contribution in [3.63, 3.8) is 0 Å². The van der Waals surface area contributed by atoms with E-state index in [-0.39, 0.29) is 5.69 Å². The molecule has 0 aliphatic heterocycles. The van der Waals surface area contributed by atoms with Gasteiger partial charge < -0.3 is 4.74 Å². The van der Waals surface area contributed by atoms with Crippen molar-refractivity contribution in [1.29, 1.82) is 0 Å². The molecule has 2 aromatic rings. The number of ether oxygens (including phenoxy) is 1. The third-order valence-corrected chi connectivity index (χ3v) is 3.29. The minimum atomic E-state index is -0.449. The molecule has 0 fully saturated rings. The number of nitro benzene ring substituents is 1. The second-order valence-corrected chi connectivity index (χ2v) is 5.15. The zero-order valence-corrected chi connectivity index (χ0v) is 13.3. The fraction of sp³-hybridized carbons (Fsp3) is 0.200. The third-order valence-electron chi connectivity index (χ3n) is 2.72. The van der Waals surface area contributed by atoms with Gasteiger partial charge in [-0.2, -0.15) is 10.2 Å². The molecule has 0 saturated carbocycles. The maximum absolute atomic E-state index is 10.6. The van der Waals surface area contributed by atoms with Crippen LogP contribution in [-0.2, 0) is 0 Å². The molecule has 6 nitrogen and oxygen atoms in total. The fourth-order valence-corrected chi connectivity index (χ4v) is 1.84. The van der Waals surface area contributed by atoms with Gasteiger partial charge in [0.15, 0.2) is 0 Å². The molecule has 0 amide bonds. The van der Waals surface area contributed by atoms with Crippen LogP contribution in [0, 0.1) is 10.1 Å². The monoisotopic (exact) mass is 363 g/mol. The molecule has 0 N–H and O–H groups in total. The highest BCUT2D eigenvalue weighted by atomic mass is 79.9. The van der Waals surface area contributed by atoms with Crippen LogP contribution in [0.2, 0.25) is 0 Å². The Hall–Kier alpha value is -2.28. The van der Waals surface area contributed by atoms with E-state index in [1.807, 2.05) is 12.1 Å². The summed E-state index contributed by atoms with van der Waals surface area (Å²) in [7, 11) is 0. The molecule has 7 heteroatoms. The number of benzene rings is 2. The zero-order chi connectivity index (χ0) is 15.8. The van der Waals surface area contributed by atoms with E-state index >= 15 is 0 Å². The van der Waals surface area contributed by atoms with Crippen molar-refractivity contribution in [1.82, 2.24) is 0 Å². The summed E-state index contributed by atoms with van der Waals surface area (Å²) < 4.78 is 5.53. The van der Waals surface area contributed by atoms with Crippen molar-refractivity contribution in [2.24, 2.45) is 10.2 Å². The molecule has 0 saturated heterocycles. The third kappa shape index (κ3) is 4.92. The van der Waals surface area contributed by atoms with Gasteiger partial charge in [0.2, 0.25) is 0 Å². The molecule has 0 spiro atoms. The molecule has 0 aliphatic carbocycles. The van der Waals surface area contributed by atoms with Gasteiger partial charge in [-0.15, -0.1) is 0 Å². The molecule has 0 bridgehead atoms. The van der Waals surface area contributed by atoms with Crippen molar-refractivity contribution >= 4 is 33.0 Å². The number of non-ortho nitro benzene ring substituents is 1. The average molecular weight is 364 g/mol. The van der Waals surface area contributed by atoms with Gasteiger partial charge in [0.05, 0.1) is 22.9 Å². The van der Waals surface area contributed by atoms with Crippen LogP contribution < -0.4 is 4.74 Å². The SMILES string of the molecule is O=[N+]([O-])c1ccc(N=Nc2ccc(OCCCBr)cc2)cc1. The van der Waals surface area contributed by atoms with Crippen molar-refractivity contribution in [2.75, 3.05) is 11.9 Å². The average Bonchev–Trinajstić information content (AvgIpc) is 2.55. The minimum Gasteiger partial charge on any atom is -0.494 e. The number of nitrogens with zero attached hydrogens (tertiary/aromatic N) is 3. The standard InChI is InChI=1S/C15H14BrN3O3/c16-10-1-11-22-15-8-4-13(5-9-15)18-17-12-2-6-14(7-3-12)19(20)21/h2-9H,1,10-11H2. The highest BCUT2D eigenvalue weighted by molar-refractivity contribution is 9.09. The summed E-state index contributed by atoms with van der Waals surface area (Å²) in [6.45, 7) is 0.662. The number of rotatable bonds is 7. The van der Waals surface area contributed by atoms with E-state index in [0.717, 1.165) is 17.5 Å². The lowest BCUT2D eigenvalue weighted by molar-refractivity contribution is -0.384. The molecule has 2 aromatic carbocycles. The van der Waals surface area contributed by atoms with Crippen molar-refractivity contribution in [2.45, 2.75) is 6.42 Å². The molecule has 0 aliphatic rings. The number of hydrogen-bond donors (Lipinski definition) is 0. The van der Waals surface area contributed by atoms with E-state index in [1.165, 1.54) is 12.1 Å². The summed E-state index contributed by atoms with van der Waals surface area (Å²) in [4.78, 5) is 10.1. The van der Waals surface area contributed by atoms with Crippen LogP contribution in [0.15, 0.2) is 58.8 Å². The lowest BCUT2D eigenvalue weighted by Gasteiger charge is -2.04. The van der Waals surface area contributed by atoms with Crippen molar-refractivity contribution in [3.05, 3.63) is 58.6 Å². The van der Waals surface area contributed by atoms with Crippen LogP contribution >= 0.6 is 15.9 Å². The lowest BCUT2D eigenvalue weighted by atomic mass is 10.3. The Balaban J connectivity index is 1.96. The van der Waals surface area contributed by atoms with Crippen LogP contribution in [0.25, 0.3) is 0 Å². The lowest BCUT2D eigenvalue weighted by Crippen LogP contribution is -1.96. The Morgan fingerprint density at radius 2 is 1.55 bits per heavy atom. The maximum atomic E-state index is 10.6. The topological polar surface area (TPSA) is 77.1 Å². The van der Waals surface area contributed by atoms with Crippen molar-refractivity contribution in [3.8, 4) is 5.75 Å². The molecule has 0 atom stereocenters. The Morgan fingerprint density at radius 3 is 2.05 bits per heavy atom. The molecular formula is C15H14BrN3O3. The normalized spacial score (nSPS) is 10.8. The zero-order valence-electron chi connectivity index (χ0n) is 11.7. The van der Waals surface area contributed by atoms with Crippen LogP contribution in [0.5, 0.6) is 5.75 Å². The number of azo groups is 1. The molecule has 0 radical (unpaired) electrons. The first kappa shape index (κ1) is 16.1. The maximum Gasteiger partial charge on any atom is 0.269 e. The molecule has 22 heavy (non-hydrogen) atoms. The second-order valence-electron chi connectivity index (χ2n) is 4.36. The smallest absolute Gasteiger partial charge is 0.269 e. The van der Waals surface area contributed by atoms with E-state index < -0.39 is 4.92 Å². The first-order valence-corrected chi connectivity index (χ1v) is 7.76. The summed E-state index contributed by atoms with van der Waals surface area (Å²) in [5.41, 5.74) is 1.28. The van der Waals surface area contributed by atoms with Crippen LogP contribution in [0.4, 0.5) is 17.1 Å². The fourth-order valence-electron chi connectivity index (χ4n) is 1.61. The van der Waals surface area contributed by atoms with Crippen LogP contribution in [0.3, 0.4) is 0 Å². The first-order valence-electron chi connectivity index (χ1n) is 6.64. The number of nitro groups is 1. The summed E-state index contributed by atoms with van der Waals surface area (Å²) in [5, 5.41) is 19.6. The molecule has 2 rings (SSSR count). The quantitative estimate of drug-likeness (QED) is 0.223. The van der Waals surface area contributed by atoms with Crippen molar-refractivity contribution < 1.29 is 9.66 Å². The highest BCUT2D eigenvalue weighted by Crippen LogP contribution is 2.23. The van der Waals surface area contributed by atoms with Gasteiger partial charge in [-0.25, -0.2) is 0 Å². The summed E-state index contributed by atoms with van der Waals surface area (Å²) in [6, 6.07) is 13.2. The van der Waals surface area contributed by atoms with Gasteiger partial charge in [-0.3, -0.25) is 10.1 Å². The van der Waals surface area contributed by atoms with Crippen LogP contribution in [0.1, 0.15) is 6.42 Å². The predicted octanol–water partition coefficient (Wildman–Crippen LogP) is 5.17. The van der Waals surface area contributed by atoms with E-state index in [0.29, 0.717) is 18.0 Å². The Bertz CT molecular complexity index is 642. The van der Waals surface area contributed by atoms with E-state index in [9.17, 15) is 10.1 Å². The number of alkyl halides is 1. The molecule has 0 unspecified atom stereocenters. The van der Waals surface area contributed by atoms with E-state index in [2.05, 4.69) is 26.2 Å². The van der Waals surface area contributed by atoms with Crippen LogP contribution in [-0.4, -0.2) is 16.9 Å².